The Morgan fingerprint density at radius 1 is 0.970 bits per heavy atom. The summed E-state index contributed by atoms with van der Waals surface area (Å²) in [6.45, 7) is 4.31. The molecule has 4 rings (SSSR count). The minimum Gasteiger partial charge on any atom is -0.488 e. The minimum atomic E-state index is -0.450. The van der Waals surface area contributed by atoms with Gasteiger partial charge in [-0.3, -0.25) is 0 Å². The van der Waals surface area contributed by atoms with Crippen molar-refractivity contribution in [3.63, 3.8) is 0 Å². The first-order valence-corrected chi connectivity index (χ1v) is 10.5. The molecule has 0 aliphatic heterocycles. The van der Waals surface area contributed by atoms with Crippen LogP contribution >= 0.6 is 0 Å². The van der Waals surface area contributed by atoms with Crippen LogP contribution in [0.2, 0.25) is 0 Å². The van der Waals surface area contributed by atoms with Gasteiger partial charge in [0.2, 0.25) is 0 Å². The number of hydrogen-bond donors (Lipinski definition) is 1. The number of aryl methyl sites for hydroxylation is 2. The summed E-state index contributed by atoms with van der Waals surface area (Å²) in [5, 5.41) is 0. The monoisotopic (exact) mass is 444 g/mol. The van der Waals surface area contributed by atoms with Crippen molar-refractivity contribution in [3.8, 4) is 22.7 Å². The van der Waals surface area contributed by atoms with E-state index in [-0.39, 0.29) is 5.82 Å². The second-order valence-corrected chi connectivity index (χ2v) is 7.91. The highest BCUT2D eigenvalue weighted by molar-refractivity contribution is 5.91. The van der Waals surface area contributed by atoms with E-state index in [1.165, 1.54) is 19.2 Å². The third-order valence-corrected chi connectivity index (χ3v) is 5.41. The average Bonchev–Trinajstić information content (AvgIpc) is 3.19. The molecule has 0 saturated heterocycles. The number of nitrogens with zero attached hydrogens (tertiary/aromatic N) is 1. The number of methoxy groups -OCH3 is 1. The maximum absolute atomic E-state index is 13.2. The summed E-state index contributed by atoms with van der Waals surface area (Å²) in [5.74, 6) is -0.0355. The van der Waals surface area contributed by atoms with Crippen LogP contribution in [0.15, 0.2) is 72.8 Å². The summed E-state index contributed by atoms with van der Waals surface area (Å²) >= 11 is 0. The molecule has 0 unspecified atom stereocenters. The summed E-state index contributed by atoms with van der Waals surface area (Å²) < 4.78 is 26.3. The molecule has 3 aromatic carbocycles. The first kappa shape index (κ1) is 22.1. The Morgan fingerprint density at radius 3 is 2.45 bits per heavy atom. The molecule has 0 atom stereocenters. The number of nitrogens with two attached hydrogens (primary N) is 1. The van der Waals surface area contributed by atoms with Crippen LogP contribution in [0.1, 0.15) is 27.2 Å². The van der Waals surface area contributed by atoms with Gasteiger partial charge in [0.15, 0.2) is 0 Å². The van der Waals surface area contributed by atoms with Gasteiger partial charge in [0.1, 0.15) is 18.2 Å². The molecule has 6 heteroatoms. The molecule has 1 heterocycles. The van der Waals surface area contributed by atoms with Gasteiger partial charge in [-0.25, -0.2) is 9.18 Å². The summed E-state index contributed by atoms with van der Waals surface area (Å²) in [7, 11) is 1.34. The lowest BCUT2D eigenvalue weighted by Gasteiger charge is -2.17. The van der Waals surface area contributed by atoms with Crippen LogP contribution in [0, 0.1) is 19.7 Å². The molecule has 33 heavy (non-hydrogen) atoms. The predicted molar refractivity (Wildman–Crippen MR) is 127 cm³/mol. The molecule has 0 aliphatic rings. The summed E-state index contributed by atoms with van der Waals surface area (Å²) in [4.78, 5) is 12.1. The fourth-order valence-electron chi connectivity index (χ4n) is 3.80. The largest absolute Gasteiger partial charge is 0.488 e. The molecule has 0 spiro atoms. The number of carbonyl (C=O) groups excluding carboxylic acids is 1. The fourth-order valence-corrected chi connectivity index (χ4v) is 3.80. The number of ether oxygens (including phenoxy) is 2. The van der Waals surface area contributed by atoms with Gasteiger partial charge in [-0.05, 0) is 74.0 Å². The Hall–Kier alpha value is -4.06. The quantitative estimate of drug-likeness (QED) is 0.299. The highest BCUT2D eigenvalue weighted by Gasteiger charge is 2.17. The topological polar surface area (TPSA) is 66.5 Å². The lowest BCUT2D eigenvalue weighted by atomic mass is 10.1. The number of rotatable bonds is 6. The van der Waals surface area contributed by atoms with Crippen molar-refractivity contribution in [1.82, 2.24) is 4.57 Å². The third kappa shape index (κ3) is 4.75. The number of hydrogen-bond acceptors (Lipinski definition) is 4. The van der Waals surface area contributed by atoms with Crippen LogP contribution in [0.5, 0.6) is 5.75 Å². The van der Waals surface area contributed by atoms with Gasteiger partial charge in [0.05, 0.1) is 18.4 Å². The maximum atomic E-state index is 13.2. The van der Waals surface area contributed by atoms with Crippen molar-refractivity contribution in [2.24, 2.45) is 0 Å². The molecule has 2 N–H and O–H groups in total. The molecular formula is C27H25FN2O3. The third-order valence-electron chi connectivity index (χ3n) is 5.41. The highest BCUT2D eigenvalue weighted by Crippen LogP contribution is 2.35. The number of nitrogen functional groups attached to an aromatic ring is 1. The number of halogens is 1. The highest BCUT2D eigenvalue weighted by atomic mass is 19.1. The summed E-state index contributed by atoms with van der Waals surface area (Å²) in [5.41, 5.74) is 12.4. The summed E-state index contributed by atoms with van der Waals surface area (Å²) in [6.07, 6.45) is 0. The molecule has 5 nitrogen and oxygen atoms in total. The van der Waals surface area contributed by atoms with Crippen LogP contribution in [0.25, 0.3) is 16.9 Å². The van der Waals surface area contributed by atoms with Crippen molar-refractivity contribution >= 4 is 11.7 Å². The first-order valence-electron chi connectivity index (χ1n) is 10.5. The zero-order valence-corrected chi connectivity index (χ0v) is 18.8. The average molecular weight is 445 g/mol. The van der Waals surface area contributed by atoms with Crippen molar-refractivity contribution in [1.29, 1.82) is 0 Å². The van der Waals surface area contributed by atoms with Gasteiger partial charge in [0.25, 0.3) is 0 Å². The number of anilines is 1. The lowest BCUT2D eigenvalue weighted by Crippen LogP contribution is -2.07. The van der Waals surface area contributed by atoms with Crippen LogP contribution in [0.4, 0.5) is 10.1 Å². The van der Waals surface area contributed by atoms with Gasteiger partial charge < -0.3 is 19.8 Å². The Bertz CT molecular complexity index is 1310. The Balaban J connectivity index is 1.77. The minimum absolute atomic E-state index is 0.281. The van der Waals surface area contributed by atoms with E-state index in [0.29, 0.717) is 23.6 Å². The molecule has 0 bridgehead atoms. The molecule has 4 aromatic rings. The van der Waals surface area contributed by atoms with E-state index in [1.807, 2.05) is 48.7 Å². The number of aromatic nitrogens is 1. The van der Waals surface area contributed by atoms with Crippen LogP contribution in [-0.2, 0) is 11.3 Å². The zero-order chi connectivity index (χ0) is 23.5. The molecular weight excluding hydrogens is 419 g/mol. The van der Waals surface area contributed by atoms with Gasteiger partial charge in [0, 0.05) is 22.6 Å². The van der Waals surface area contributed by atoms with Crippen molar-refractivity contribution in [2.75, 3.05) is 12.8 Å². The lowest BCUT2D eigenvalue weighted by molar-refractivity contribution is 0.0600. The van der Waals surface area contributed by atoms with Crippen molar-refractivity contribution in [2.45, 2.75) is 20.5 Å². The number of carbonyl (C=O) groups is 1. The second kappa shape index (κ2) is 9.20. The van der Waals surface area contributed by atoms with E-state index in [1.54, 1.807) is 24.3 Å². The molecule has 0 saturated carbocycles. The Morgan fingerprint density at radius 2 is 1.73 bits per heavy atom. The van der Waals surface area contributed by atoms with E-state index in [2.05, 4.69) is 6.07 Å². The second-order valence-electron chi connectivity index (χ2n) is 7.91. The predicted octanol–water partition coefficient (Wildman–Crippen LogP) is 5.85. The zero-order valence-electron chi connectivity index (χ0n) is 18.8. The standard InChI is InChI=1S/C27H25FN2O3/c1-17-4-11-26(33-16-19-6-8-21(28)9-7-19)24(12-17)25-10-5-18(2)30(25)23-14-20(27(31)32-3)13-22(29)15-23/h4-15H,16,29H2,1-3H3. The van der Waals surface area contributed by atoms with E-state index in [0.717, 1.165) is 33.8 Å². The van der Waals surface area contributed by atoms with E-state index in [9.17, 15) is 9.18 Å². The molecule has 1 aromatic heterocycles. The fraction of sp³-hybridized carbons (Fsp3) is 0.148. The molecule has 0 aliphatic carbocycles. The van der Waals surface area contributed by atoms with E-state index in [4.69, 9.17) is 15.2 Å². The maximum Gasteiger partial charge on any atom is 0.337 e. The van der Waals surface area contributed by atoms with Gasteiger partial charge in [-0.1, -0.05) is 23.8 Å². The smallest absolute Gasteiger partial charge is 0.337 e. The SMILES string of the molecule is COC(=O)c1cc(N)cc(-n2c(C)ccc2-c2cc(C)ccc2OCc2ccc(F)cc2)c1. The molecule has 0 amide bonds. The Kier molecular flexibility index (Phi) is 6.18. The first-order chi connectivity index (χ1) is 15.9. The van der Waals surface area contributed by atoms with Crippen molar-refractivity contribution < 1.29 is 18.7 Å². The molecule has 0 fully saturated rings. The van der Waals surface area contributed by atoms with Crippen LogP contribution in [-0.4, -0.2) is 17.6 Å². The van der Waals surface area contributed by atoms with E-state index < -0.39 is 5.97 Å². The van der Waals surface area contributed by atoms with Gasteiger partial charge in [-0.15, -0.1) is 0 Å². The van der Waals surface area contributed by atoms with Crippen LogP contribution in [0.3, 0.4) is 0 Å². The molecule has 0 radical (unpaired) electrons. The normalized spacial score (nSPS) is 10.8. The number of esters is 1. The van der Waals surface area contributed by atoms with Crippen LogP contribution < -0.4 is 10.5 Å². The Labute approximate surface area is 192 Å². The van der Waals surface area contributed by atoms with Crippen molar-refractivity contribution in [3.05, 3.63) is 101 Å². The molecule has 168 valence electrons. The van der Waals surface area contributed by atoms with E-state index >= 15 is 0 Å². The van der Waals surface area contributed by atoms with Gasteiger partial charge >= 0.3 is 5.97 Å². The summed E-state index contributed by atoms with van der Waals surface area (Å²) in [6, 6.07) is 21.4. The number of benzene rings is 3. The van der Waals surface area contributed by atoms with Gasteiger partial charge in [-0.2, -0.15) is 0 Å².